The Morgan fingerprint density at radius 1 is 1.45 bits per heavy atom. The minimum Gasteiger partial charge on any atom is -0.385 e. The average molecular weight is 273 g/mol. The zero-order valence-electron chi connectivity index (χ0n) is 11.8. The summed E-state index contributed by atoms with van der Waals surface area (Å²) in [5.41, 5.74) is 2.39. The topological polar surface area (TPSA) is 60.2 Å². The maximum absolute atomic E-state index is 5.46. The third-order valence-corrected chi connectivity index (χ3v) is 3.74. The van der Waals surface area contributed by atoms with Gasteiger partial charge in [0.05, 0.1) is 12.0 Å². The van der Waals surface area contributed by atoms with Gasteiger partial charge in [-0.25, -0.2) is 0 Å². The van der Waals surface area contributed by atoms with E-state index in [9.17, 15) is 0 Å². The number of aromatic nitrogens is 2. The van der Waals surface area contributed by atoms with Gasteiger partial charge >= 0.3 is 0 Å². The summed E-state index contributed by atoms with van der Waals surface area (Å²) < 4.78 is 10.7. The summed E-state index contributed by atoms with van der Waals surface area (Å²) in [5, 5.41) is 7.47. The van der Waals surface area contributed by atoms with E-state index in [1.165, 1.54) is 5.56 Å². The van der Waals surface area contributed by atoms with Crippen molar-refractivity contribution in [1.29, 1.82) is 0 Å². The Labute approximate surface area is 118 Å². The molecule has 1 N–H and O–H groups in total. The van der Waals surface area contributed by atoms with Gasteiger partial charge in [-0.05, 0) is 25.0 Å². The minimum atomic E-state index is 0.0979. The third-order valence-electron chi connectivity index (χ3n) is 3.74. The smallest absolute Gasteiger partial charge is 0.234 e. The standard InChI is InChI=1S/C15H19N3O2/c1-10(19-2)9-14-17-15(20-18-14)12-7-8-16-13-6-4-3-5-11(12)13/h3-6,10,12,16H,7-9H2,1-2H3. The van der Waals surface area contributed by atoms with Gasteiger partial charge in [-0.2, -0.15) is 4.98 Å². The highest BCUT2D eigenvalue weighted by molar-refractivity contribution is 5.56. The monoisotopic (exact) mass is 273 g/mol. The molecule has 0 amide bonds. The highest BCUT2D eigenvalue weighted by atomic mass is 16.5. The van der Waals surface area contributed by atoms with Crippen LogP contribution in [0.4, 0.5) is 5.69 Å². The summed E-state index contributed by atoms with van der Waals surface area (Å²) in [6.45, 7) is 2.92. The number of anilines is 1. The van der Waals surface area contributed by atoms with Gasteiger partial charge < -0.3 is 14.6 Å². The molecule has 3 rings (SSSR count). The molecule has 106 valence electrons. The van der Waals surface area contributed by atoms with Gasteiger partial charge in [0.2, 0.25) is 5.89 Å². The zero-order chi connectivity index (χ0) is 13.9. The Morgan fingerprint density at radius 3 is 3.15 bits per heavy atom. The largest absolute Gasteiger partial charge is 0.385 e. The fraction of sp³-hybridized carbons (Fsp3) is 0.467. The molecule has 1 aromatic carbocycles. The summed E-state index contributed by atoms with van der Waals surface area (Å²) in [6.07, 6.45) is 1.74. The molecule has 2 unspecified atom stereocenters. The number of hydrogen-bond acceptors (Lipinski definition) is 5. The number of nitrogens with one attached hydrogen (secondary N) is 1. The normalized spacial score (nSPS) is 19.2. The predicted molar refractivity (Wildman–Crippen MR) is 75.9 cm³/mol. The molecule has 5 heteroatoms. The van der Waals surface area contributed by atoms with Gasteiger partial charge in [0.1, 0.15) is 0 Å². The summed E-state index contributed by atoms with van der Waals surface area (Å²) >= 11 is 0. The van der Waals surface area contributed by atoms with Crippen LogP contribution in [0.25, 0.3) is 0 Å². The molecule has 2 atom stereocenters. The highest BCUT2D eigenvalue weighted by Crippen LogP contribution is 2.35. The van der Waals surface area contributed by atoms with Crippen molar-refractivity contribution in [3.05, 3.63) is 41.5 Å². The molecule has 0 saturated heterocycles. The average Bonchev–Trinajstić information content (AvgIpc) is 2.94. The van der Waals surface area contributed by atoms with Crippen LogP contribution in [0.15, 0.2) is 28.8 Å². The van der Waals surface area contributed by atoms with Crippen LogP contribution >= 0.6 is 0 Å². The van der Waals surface area contributed by atoms with Gasteiger partial charge in [0.25, 0.3) is 0 Å². The Balaban J connectivity index is 1.84. The van der Waals surface area contributed by atoms with Crippen molar-refractivity contribution in [3.63, 3.8) is 0 Å². The second kappa shape index (κ2) is 5.63. The molecule has 2 aromatic rings. The molecule has 20 heavy (non-hydrogen) atoms. The van der Waals surface area contributed by atoms with Crippen molar-refractivity contribution in [2.24, 2.45) is 0 Å². The zero-order valence-corrected chi connectivity index (χ0v) is 11.8. The molecule has 0 bridgehead atoms. The highest BCUT2D eigenvalue weighted by Gasteiger charge is 2.26. The van der Waals surface area contributed by atoms with E-state index in [0.29, 0.717) is 18.1 Å². The first-order chi connectivity index (χ1) is 9.78. The second-order valence-electron chi connectivity index (χ2n) is 5.15. The Morgan fingerprint density at radius 2 is 2.30 bits per heavy atom. The molecule has 0 aliphatic carbocycles. The van der Waals surface area contributed by atoms with Gasteiger partial charge in [0.15, 0.2) is 5.82 Å². The first kappa shape index (κ1) is 13.1. The molecule has 5 nitrogen and oxygen atoms in total. The maximum atomic E-state index is 5.46. The van der Waals surface area contributed by atoms with Crippen molar-refractivity contribution in [3.8, 4) is 0 Å². The van der Waals surface area contributed by atoms with E-state index < -0.39 is 0 Å². The van der Waals surface area contributed by atoms with Crippen molar-refractivity contribution in [1.82, 2.24) is 10.1 Å². The molecule has 1 aromatic heterocycles. The molecule has 2 heterocycles. The van der Waals surface area contributed by atoms with E-state index in [2.05, 4.69) is 27.6 Å². The molecule has 0 saturated carbocycles. The molecular weight excluding hydrogens is 254 g/mol. The minimum absolute atomic E-state index is 0.0979. The maximum Gasteiger partial charge on any atom is 0.234 e. The number of hydrogen-bond donors (Lipinski definition) is 1. The van der Waals surface area contributed by atoms with Crippen molar-refractivity contribution < 1.29 is 9.26 Å². The van der Waals surface area contributed by atoms with E-state index in [0.717, 1.165) is 18.7 Å². The summed E-state index contributed by atoms with van der Waals surface area (Å²) in [7, 11) is 1.69. The summed E-state index contributed by atoms with van der Waals surface area (Å²) in [6, 6.07) is 8.29. The van der Waals surface area contributed by atoms with Gasteiger partial charge in [0, 0.05) is 25.8 Å². The molecular formula is C15H19N3O2. The lowest BCUT2D eigenvalue weighted by atomic mass is 9.91. The Hall–Kier alpha value is -1.88. The number of methoxy groups -OCH3 is 1. The van der Waals surface area contributed by atoms with Crippen molar-refractivity contribution >= 4 is 5.69 Å². The first-order valence-corrected chi connectivity index (χ1v) is 6.96. The number of fused-ring (bicyclic) bond motifs is 1. The van der Waals surface area contributed by atoms with Crippen LogP contribution in [0.1, 0.15) is 36.5 Å². The quantitative estimate of drug-likeness (QED) is 0.927. The van der Waals surface area contributed by atoms with Crippen molar-refractivity contribution in [2.75, 3.05) is 19.0 Å². The number of rotatable bonds is 4. The third kappa shape index (κ3) is 2.54. The van der Waals surface area contributed by atoms with Crippen LogP contribution in [0, 0.1) is 0 Å². The molecule has 0 radical (unpaired) electrons. The molecule has 0 fully saturated rings. The van der Waals surface area contributed by atoms with E-state index in [1.54, 1.807) is 7.11 Å². The number of nitrogens with zero attached hydrogens (tertiary/aromatic N) is 2. The fourth-order valence-electron chi connectivity index (χ4n) is 2.56. The number of para-hydroxylation sites is 1. The lowest BCUT2D eigenvalue weighted by Crippen LogP contribution is -2.17. The second-order valence-corrected chi connectivity index (χ2v) is 5.15. The summed E-state index contributed by atoms with van der Waals surface area (Å²) in [4.78, 5) is 4.54. The Bertz CT molecular complexity index is 582. The van der Waals surface area contributed by atoms with Gasteiger partial charge in [-0.15, -0.1) is 0 Å². The van der Waals surface area contributed by atoms with Gasteiger partial charge in [-0.3, -0.25) is 0 Å². The molecule has 1 aliphatic heterocycles. The number of benzene rings is 1. The van der Waals surface area contributed by atoms with E-state index in [1.807, 2.05) is 19.1 Å². The van der Waals surface area contributed by atoms with Crippen LogP contribution in [-0.2, 0) is 11.2 Å². The fourth-order valence-corrected chi connectivity index (χ4v) is 2.56. The van der Waals surface area contributed by atoms with E-state index in [4.69, 9.17) is 9.26 Å². The van der Waals surface area contributed by atoms with Crippen LogP contribution in [0.3, 0.4) is 0 Å². The lowest BCUT2D eigenvalue weighted by Gasteiger charge is -2.23. The van der Waals surface area contributed by atoms with Crippen LogP contribution in [0.5, 0.6) is 0 Å². The Kier molecular flexibility index (Phi) is 3.69. The van der Waals surface area contributed by atoms with Crippen LogP contribution in [0.2, 0.25) is 0 Å². The van der Waals surface area contributed by atoms with E-state index >= 15 is 0 Å². The first-order valence-electron chi connectivity index (χ1n) is 6.96. The SMILES string of the molecule is COC(C)Cc1noc(C2CCNc3ccccc32)n1. The number of ether oxygens (including phenoxy) is 1. The predicted octanol–water partition coefficient (Wildman–Crippen LogP) is 2.59. The molecule has 0 spiro atoms. The van der Waals surface area contributed by atoms with Crippen LogP contribution in [-0.4, -0.2) is 29.9 Å². The van der Waals surface area contributed by atoms with Crippen LogP contribution < -0.4 is 5.32 Å². The lowest BCUT2D eigenvalue weighted by molar-refractivity contribution is 0.116. The van der Waals surface area contributed by atoms with Crippen molar-refractivity contribution in [2.45, 2.75) is 31.8 Å². The molecule has 1 aliphatic rings. The van der Waals surface area contributed by atoms with E-state index in [-0.39, 0.29) is 12.0 Å². The van der Waals surface area contributed by atoms with Gasteiger partial charge in [-0.1, -0.05) is 23.4 Å². The summed E-state index contributed by atoms with van der Waals surface area (Å²) in [5.74, 6) is 1.61.